The minimum absolute atomic E-state index is 0.0524. The van der Waals surface area contributed by atoms with Crippen molar-refractivity contribution in [2.75, 3.05) is 7.05 Å². The zero-order valence-electron chi connectivity index (χ0n) is 8.54. The molecule has 1 atom stereocenters. The fourth-order valence-electron chi connectivity index (χ4n) is 1.38. The summed E-state index contributed by atoms with van der Waals surface area (Å²) in [5.41, 5.74) is -5.37. The zero-order chi connectivity index (χ0) is 12.4. The first kappa shape index (κ1) is 13.3. The topological polar surface area (TPSA) is 55.4 Å². The molecule has 0 aliphatic heterocycles. The van der Waals surface area contributed by atoms with Crippen molar-refractivity contribution in [2.24, 2.45) is 0 Å². The third-order valence-electron chi connectivity index (χ3n) is 2.24. The van der Waals surface area contributed by atoms with Crippen LogP contribution in [0.2, 0.25) is 0 Å². The van der Waals surface area contributed by atoms with Crippen molar-refractivity contribution >= 4 is 10.1 Å². The van der Waals surface area contributed by atoms with Gasteiger partial charge in [-0.1, -0.05) is 0 Å². The highest BCUT2D eigenvalue weighted by atomic mass is 32.2. The van der Waals surface area contributed by atoms with Gasteiger partial charge < -0.3 is 9.50 Å². The summed E-state index contributed by atoms with van der Waals surface area (Å²) in [6.07, 6.45) is 2.76. The second-order valence-electron chi connectivity index (χ2n) is 3.42. The van der Waals surface area contributed by atoms with Crippen LogP contribution in [0.25, 0.3) is 0 Å². The fourth-order valence-corrected chi connectivity index (χ4v) is 1.89. The average molecular weight is 259 g/mol. The van der Waals surface area contributed by atoms with Crippen LogP contribution in [0.4, 0.5) is 13.2 Å². The second kappa shape index (κ2) is 4.62. The number of alkyl halides is 3. The van der Waals surface area contributed by atoms with E-state index < -0.39 is 15.6 Å². The lowest BCUT2D eigenvalue weighted by Crippen LogP contribution is -2.31. The molecule has 0 aromatic rings. The molecule has 1 aliphatic carbocycles. The van der Waals surface area contributed by atoms with Gasteiger partial charge in [0.15, 0.2) is 0 Å². The molecule has 0 saturated carbocycles. The third-order valence-corrected chi connectivity index (χ3v) is 3.24. The van der Waals surface area contributed by atoms with Gasteiger partial charge >= 0.3 is 15.6 Å². The van der Waals surface area contributed by atoms with E-state index in [4.69, 9.17) is 0 Å². The molecule has 0 aromatic heterocycles. The number of hydrogen-bond donors (Lipinski definition) is 1. The van der Waals surface area contributed by atoms with Crippen molar-refractivity contribution in [3.05, 3.63) is 11.8 Å². The Morgan fingerprint density at radius 2 is 2.12 bits per heavy atom. The van der Waals surface area contributed by atoms with E-state index in [0.717, 1.165) is 6.42 Å². The molecule has 0 radical (unpaired) electrons. The number of halogens is 3. The van der Waals surface area contributed by atoms with Gasteiger partial charge in [-0.15, -0.1) is 0 Å². The Bertz CT molecular complexity index is 374. The van der Waals surface area contributed by atoms with Gasteiger partial charge in [-0.2, -0.15) is 21.6 Å². The van der Waals surface area contributed by atoms with Crippen LogP contribution in [0, 0.1) is 0 Å². The molecule has 0 fully saturated rings. The molecule has 1 aliphatic rings. The Labute approximate surface area is 91.6 Å². The lowest BCUT2D eigenvalue weighted by atomic mass is 10.0. The Morgan fingerprint density at radius 3 is 2.62 bits per heavy atom. The predicted octanol–water partition coefficient (Wildman–Crippen LogP) is 1.51. The molecule has 0 bridgehead atoms. The number of hydrogen-bond acceptors (Lipinski definition) is 4. The smallest absolute Gasteiger partial charge is 0.381 e. The first-order valence-electron chi connectivity index (χ1n) is 4.63. The van der Waals surface area contributed by atoms with Gasteiger partial charge in [-0.25, -0.2) is 0 Å². The molecule has 0 heterocycles. The predicted molar refractivity (Wildman–Crippen MR) is 50.8 cm³/mol. The summed E-state index contributed by atoms with van der Waals surface area (Å²) in [4.78, 5) is 0. The maximum absolute atomic E-state index is 12.0. The SMILES string of the molecule is CNC1CCC=C(OS(=O)(=O)C(F)(F)F)C1. The summed E-state index contributed by atoms with van der Waals surface area (Å²) < 4.78 is 61.5. The van der Waals surface area contributed by atoms with Crippen molar-refractivity contribution in [1.82, 2.24) is 5.32 Å². The van der Waals surface area contributed by atoms with E-state index in [1.54, 1.807) is 7.05 Å². The van der Waals surface area contributed by atoms with Gasteiger partial charge in [0.05, 0.1) is 0 Å². The van der Waals surface area contributed by atoms with E-state index in [9.17, 15) is 21.6 Å². The van der Waals surface area contributed by atoms with Crippen molar-refractivity contribution in [2.45, 2.75) is 30.8 Å². The Hall–Kier alpha value is -0.760. The van der Waals surface area contributed by atoms with Gasteiger partial charge in [-0.3, -0.25) is 0 Å². The third kappa shape index (κ3) is 3.11. The number of nitrogens with one attached hydrogen (secondary N) is 1. The first-order chi connectivity index (χ1) is 7.26. The lowest BCUT2D eigenvalue weighted by molar-refractivity contribution is -0.0524. The monoisotopic (exact) mass is 259 g/mol. The Kier molecular flexibility index (Phi) is 3.84. The zero-order valence-corrected chi connectivity index (χ0v) is 9.36. The summed E-state index contributed by atoms with van der Waals surface area (Å²) >= 11 is 0. The quantitative estimate of drug-likeness (QED) is 0.616. The van der Waals surface area contributed by atoms with Crippen LogP contribution < -0.4 is 5.32 Å². The normalized spacial score (nSPS) is 22.8. The van der Waals surface area contributed by atoms with Crippen molar-refractivity contribution in [3.8, 4) is 0 Å². The summed E-state index contributed by atoms with van der Waals surface area (Å²) in [5, 5.41) is 2.86. The van der Waals surface area contributed by atoms with Gasteiger partial charge in [0.1, 0.15) is 5.76 Å². The Morgan fingerprint density at radius 1 is 1.50 bits per heavy atom. The summed E-state index contributed by atoms with van der Waals surface area (Å²) in [6.45, 7) is 0. The first-order valence-corrected chi connectivity index (χ1v) is 6.04. The molecule has 1 N–H and O–H groups in total. The molecule has 0 saturated heterocycles. The molecular weight excluding hydrogens is 247 g/mol. The van der Waals surface area contributed by atoms with E-state index in [2.05, 4.69) is 9.50 Å². The van der Waals surface area contributed by atoms with E-state index in [1.807, 2.05) is 0 Å². The van der Waals surface area contributed by atoms with E-state index >= 15 is 0 Å². The van der Waals surface area contributed by atoms with Crippen LogP contribution in [0.3, 0.4) is 0 Å². The average Bonchev–Trinajstić information content (AvgIpc) is 2.15. The molecular formula is C8H12F3NO3S. The lowest BCUT2D eigenvalue weighted by Gasteiger charge is -2.22. The highest BCUT2D eigenvalue weighted by Gasteiger charge is 2.49. The van der Waals surface area contributed by atoms with Crippen molar-refractivity contribution < 1.29 is 25.8 Å². The molecule has 0 amide bonds. The molecule has 1 rings (SSSR count). The van der Waals surface area contributed by atoms with Gasteiger partial charge in [0.25, 0.3) is 0 Å². The van der Waals surface area contributed by atoms with Gasteiger partial charge in [-0.05, 0) is 26.0 Å². The van der Waals surface area contributed by atoms with Crippen LogP contribution >= 0.6 is 0 Å². The maximum atomic E-state index is 12.0. The van der Waals surface area contributed by atoms with Crippen LogP contribution in [0.5, 0.6) is 0 Å². The minimum atomic E-state index is -5.53. The van der Waals surface area contributed by atoms with Crippen LogP contribution in [-0.2, 0) is 14.3 Å². The second-order valence-corrected chi connectivity index (χ2v) is 4.96. The fraction of sp³-hybridized carbons (Fsp3) is 0.750. The van der Waals surface area contributed by atoms with Crippen molar-refractivity contribution in [1.29, 1.82) is 0 Å². The number of allylic oxidation sites excluding steroid dienone is 1. The van der Waals surface area contributed by atoms with Gasteiger partial charge in [0, 0.05) is 12.5 Å². The minimum Gasteiger partial charge on any atom is -0.381 e. The van der Waals surface area contributed by atoms with E-state index in [0.29, 0.717) is 6.42 Å². The van der Waals surface area contributed by atoms with Gasteiger partial charge in [0.2, 0.25) is 0 Å². The van der Waals surface area contributed by atoms with Crippen LogP contribution in [0.15, 0.2) is 11.8 Å². The molecule has 94 valence electrons. The molecule has 0 aromatic carbocycles. The van der Waals surface area contributed by atoms with E-state index in [-0.39, 0.29) is 18.2 Å². The maximum Gasteiger partial charge on any atom is 0.534 e. The molecule has 8 heteroatoms. The molecule has 16 heavy (non-hydrogen) atoms. The molecule has 0 spiro atoms. The number of rotatable bonds is 3. The summed E-state index contributed by atoms with van der Waals surface area (Å²) in [5.74, 6) is -0.150. The largest absolute Gasteiger partial charge is 0.534 e. The van der Waals surface area contributed by atoms with Crippen LogP contribution in [-0.4, -0.2) is 27.0 Å². The molecule has 4 nitrogen and oxygen atoms in total. The standard InChI is InChI=1S/C8H12F3NO3S/c1-12-6-3-2-4-7(5-6)15-16(13,14)8(9,10)11/h4,6,12H,2-3,5H2,1H3. The van der Waals surface area contributed by atoms with Crippen LogP contribution in [0.1, 0.15) is 19.3 Å². The highest BCUT2D eigenvalue weighted by Crippen LogP contribution is 2.29. The van der Waals surface area contributed by atoms with E-state index in [1.165, 1.54) is 6.08 Å². The highest BCUT2D eigenvalue weighted by molar-refractivity contribution is 7.87. The molecule has 1 unspecified atom stereocenters. The summed E-state index contributed by atoms with van der Waals surface area (Å²) in [7, 11) is -3.87. The Balaban J connectivity index is 2.72. The summed E-state index contributed by atoms with van der Waals surface area (Å²) in [6, 6.07) is -0.0524. The van der Waals surface area contributed by atoms with Crippen molar-refractivity contribution in [3.63, 3.8) is 0 Å².